The van der Waals surface area contributed by atoms with Gasteiger partial charge in [-0.3, -0.25) is 0 Å². The third kappa shape index (κ3) is 6.61. The summed E-state index contributed by atoms with van der Waals surface area (Å²) in [6.45, 7) is 10.4. The Balaban J connectivity index is 1.30. The summed E-state index contributed by atoms with van der Waals surface area (Å²) in [6.07, 6.45) is 1.94. The van der Waals surface area contributed by atoms with Crippen molar-refractivity contribution in [1.29, 1.82) is 10.5 Å². The number of nitriles is 2. The Morgan fingerprint density at radius 1 is 0.620 bits per heavy atom. The number of esters is 4. The van der Waals surface area contributed by atoms with Gasteiger partial charge >= 0.3 is 23.9 Å². The molecule has 2 aromatic carbocycles. The fourth-order valence-electron chi connectivity index (χ4n) is 6.33. The molecular formula is C36H34Cl2N4O8. The minimum Gasteiger partial charge on any atom is -0.419 e. The molecule has 50 heavy (non-hydrogen) atoms. The van der Waals surface area contributed by atoms with Gasteiger partial charge in [-0.15, -0.1) is 0 Å². The first-order valence-electron chi connectivity index (χ1n) is 16.2. The van der Waals surface area contributed by atoms with Crippen LogP contribution in [0.5, 0.6) is 0 Å². The van der Waals surface area contributed by atoms with Gasteiger partial charge in [-0.1, -0.05) is 35.3 Å². The maximum absolute atomic E-state index is 13.2. The molecule has 3 fully saturated rings. The normalized spacial score (nSPS) is 21.4. The zero-order chi connectivity index (χ0) is 36.4. The van der Waals surface area contributed by atoms with Gasteiger partial charge in [0.1, 0.15) is 23.3 Å². The van der Waals surface area contributed by atoms with Crippen LogP contribution in [0.4, 0.5) is 11.4 Å². The van der Waals surface area contributed by atoms with Gasteiger partial charge in [0, 0.05) is 51.9 Å². The van der Waals surface area contributed by atoms with Gasteiger partial charge in [-0.25, -0.2) is 19.2 Å². The highest BCUT2D eigenvalue weighted by Crippen LogP contribution is 2.46. The first kappa shape index (κ1) is 36.2. The lowest BCUT2D eigenvalue weighted by Gasteiger charge is -2.46. The van der Waals surface area contributed by atoms with E-state index in [1.807, 2.05) is 37.5 Å². The Bertz CT molecular complexity index is 1730. The smallest absolute Gasteiger partial charge is 0.348 e. The molecule has 3 aliphatic rings. The van der Waals surface area contributed by atoms with Crippen molar-refractivity contribution in [3.8, 4) is 12.1 Å². The average Bonchev–Trinajstić information content (AvgIpc) is 3.09. The maximum Gasteiger partial charge on any atom is 0.348 e. The molecule has 0 unspecified atom stereocenters. The number of nitrogens with zero attached hydrogens (tertiary/aromatic N) is 4. The van der Waals surface area contributed by atoms with Crippen LogP contribution in [0.3, 0.4) is 0 Å². The Kier molecular flexibility index (Phi) is 10.5. The van der Waals surface area contributed by atoms with Crippen molar-refractivity contribution in [1.82, 2.24) is 0 Å². The average molecular weight is 722 g/mol. The first-order chi connectivity index (χ1) is 23.9. The van der Waals surface area contributed by atoms with E-state index in [1.54, 1.807) is 24.3 Å². The molecule has 5 rings (SSSR count). The zero-order valence-corrected chi connectivity index (χ0v) is 29.4. The summed E-state index contributed by atoms with van der Waals surface area (Å²) < 4.78 is 22.5. The molecular weight excluding hydrogens is 687 g/mol. The fraction of sp³-hybridized carbons (Fsp3) is 0.389. The standard InChI is InChI=1S/C36H34Cl2N4O8/c1-5-41(6-2)27-11-9-21(29(37)25(27)19-39)17-23-31(43)47-35(48-32(23)44)13-15-36(16-14-35)49-33(45)24(34(46)50-36)18-22-10-12-28(42(7-3)8-4)26(20-40)30(22)38/h9-12,17-18H,5-8,13-16H2,1-4H3. The number of halogens is 2. The highest BCUT2D eigenvalue weighted by Gasteiger charge is 2.57. The van der Waals surface area contributed by atoms with Crippen LogP contribution >= 0.6 is 23.2 Å². The van der Waals surface area contributed by atoms with Gasteiger partial charge in [0.25, 0.3) is 11.6 Å². The number of ether oxygens (including phenoxy) is 4. The van der Waals surface area contributed by atoms with Gasteiger partial charge in [-0.05, 0) is 63.1 Å². The lowest BCUT2D eigenvalue weighted by Crippen LogP contribution is -2.56. The number of anilines is 2. The number of carbonyl (C=O) groups excluding carboxylic acids is 4. The van der Waals surface area contributed by atoms with Crippen molar-refractivity contribution < 1.29 is 38.1 Å². The second kappa shape index (κ2) is 14.4. The van der Waals surface area contributed by atoms with Crippen molar-refractivity contribution in [2.45, 2.75) is 65.0 Å². The summed E-state index contributed by atoms with van der Waals surface area (Å²) in [7, 11) is 0. The van der Waals surface area contributed by atoms with Gasteiger partial charge in [-0.2, -0.15) is 10.5 Å². The summed E-state index contributed by atoms with van der Waals surface area (Å²) in [5, 5.41) is 19.7. The van der Waals surface area contributed by atoms with Crippen molar-refractivity contribution in [3.05, 3.63) is 67.7 Å². The van der Waals surface area contributed by atoms with Gasteiger partial charge < -0.3 is 28.7 Å². The molecule has 1 saturated carbocycles. The summed E-state index contributed by atoms with van der Waals surface area (Å²) in [5.41, 5.74) is 1.36. The highest BCUT2D eigenvalue weighted by atomic mass is 35.5. The lowest BCUT2D eigenvalue weighted by atomic mass is 9.87. The molecule has 2 heterocycles. The van der Waals surface area contributed by atoms with Crippen LogP contribution in [0.15, 0.2) is 35.4 Å². The molecule has 0 atom stereocenters. The lowest BCUT2D eigenvalue weighted by molar-refractivity contribution is -0.291. The van der Waals surface area contributed by atoms with Crippen LogP contribution in [-0.2, 0) is 38.1 Å². The van der Waals surface area contributed by atoms with Gasteiger partial charge in [0.05, 0.1) is 32.5 Å². The number of benzene rings is 2. The van der Waals surface area contributed by atoms with E-state index in [4.69, 9.17) is 42.1 Å². The third-order valence-corrected chi connectivity index (χ3v) is 9.91. The van der Waals surface area contributed by atoms with E-state index >= 15 is 0 Å². The fourth-order valence-corrected chi connectivity index (χ4v) is 6.84. The van der Waals surface area contributed by atoms with Crippen LogP contribution in [0.25, 0.3) is 12.2 Å². The molecule has 2 spiro atoms. The summed E-state index contributed by atoms with van der Waals surface area (Å²) in [6, 6.07) is 10.8. The summed E-state index contributed by atoms with van der Waals surface area (Å²) >= 11 is 13.1. The molecule has 0 amide bonds. The van der Waals surface area contributed by atoms with Crippen molar-refractivity contribution in [2.75, 3.05) is 36.0 Å². The quantitative estimate of drug-likeness (QED) is 0.176. The second-order valence-corrected chi connectivity index (χ2v) is 12.5. The predicted octanol–water partition coefficient (Wildman–Crippen LogP) is 6.06. The Morgan fingerprint density at radius 3 is 1.18 bits per heavy atom. The van der Waals surface area contributed by atoms with Crippen LogP contribution in [0.1, 0.15) is 75.6 Å². The first-order valence-corrected chi connectivity index (χ1v) is 17.0. The largest absolute Gasteiger partial charge is 0.419 e. The number of hydrogen-bond acceptors (Lipinski definition) is 12. The summed E-state index contributed by atoms with van der Waals surface area (Å²) in [4.78, 5) is 56.5. The maximum atomic E-state index is 13.2. The number of rotatable bonds is 8. The topological polar surface area (TPSA) is 159 Å². The van der Waals surface area contributed by atoms with Crippen LogP contribution in [0, 0.1) is 22.7 Å². The molecule has 2 aliphatic heterocycles. The minimum atomic E-state index is -1.67. The zero-order valence-electron chi connectivity index (χ0n) is 27.9. The number of carbonyl (C=O) groups is 4. The second-order valence-electron chi connectivity index (χ2n) is 11.8. The SMILES string of the molecule is CCN(CC)c1ccc(C=C2C(=O)OC3(CCC4(CC3)OC(=O)C(=Cc3ccc(N(CC)CC)c(C#N)c3Cl)C(=O)O4)OC2=O)c(Cl)c1C#N. The van der Waals surface area contributed by atoms with E-state index in [9.17, 15) is 29.7 Å². The van der Waals surface area contributed by atoms with Gasteiger partial charge in [0.2, 0.25) is 0 Å². The van der Waals surface area contributed by atoms with Crippen LogP contribution in [0.2, 0.25) is 10.0 Å². The van der Waals surface area contributed by atoms with E-state index in [0.29, 0.717) is 37.6 Å². The van der Waals surface area contributed by atoms with E-state index in [2.05, 4.69) is 12.1 Å². The molecule has 0 radical (unpaired) electrons. The molecule has 0 N–H and O–H groups in total. The van der Waals surface area contributed by atoms with E-state index in [-0.39, 0.29) is 58.0 Å². The van der Waals surface area contributed by atoms with E-state index < -0.39 is 46.6 Å². The van der Waals surface area contributed by atoms with E-state index in [0.717, 1.165) is 0 Å². The molecule has 0 bridgehead atoms. The summed E-state index contributed by atoms with van der Waals surface area (Å²) in [5.74, 6) is -7.17. The van der Waals surface area contributed by atoms with Crippen molar-refractivity contribution >= 4 is 70.6 Å². The minimum absolute atomic E-state index is 0.0728. The Hall–Kier alpha value is -5.04. The highest BCUT2D eigenvalue weighted by molar-refractivity contribution is 6.35. The third-order valence-electron chi connectivity index (χ3n) is 9.10. The van der Waals surface area contributed by atoms with Gasteiger partial charge in [0.15, 0.2) is 0 Å². The molecule has 2 aromatic rings. The molecule has 2 saturated heterocycles. The van der Waals surface area contributed by atoms with E-state index in [1.165, 1.54) is 12.2 Å². The predicted molar refractivity (Wildman–Crippen MR) is 184 cm³/mol. The van der Waals surface area contributed by atoms with Crippen LogP contribution in [-0.4, -0.2) is 61.6 Å². The molecule has 12 nitrogen and oxygen atoms in total. The Labute approximate surface area is 299 Å². The monoisotopic (exact) mass is 720 g/mol. The van der Waals surface area contributed by atoms with Crippen molar-refractivity contribution in [3.63, 3.8) is 0 Å². The molecule has 14 heteroatoms. The van der Waals surface area contributed by atoms with Crippen molar-refractivity contribution in [2.24, 2.45) is 0 Å². The van der Waals surface area contributed by atoms with Crippen LogP contribution < -0.4 is 9.80 Å². The molecule has 1 aliphatic carbocycles. The Morgan fingerprint density at radius 2 is 0.920 bits per heavy atom. The number of hydrogen-bond donors (Lipinski definition) is 0. The molecule has 0 aromatic heterocycles. The molecule has 260 valence electrons.